The highest BCUT2D eigenvalue weighted by atomic mass is 79.9. The lowest BCUT2D eigenvalue weighted by Gasteiger charge is -2.29. The number of carbonyl (C=O) groups excluding carboxylic acids is 2. The van der Waals surface area contributed by atoms with Gasteiger partial charge >= 0.3 is 0 Å². The molecule has 0 aliphatic heterocycles. The molecule has 1 N–H and O–H groups in total. The summed E-state index contributed by atoms with van der Waals surface area (Å²) in [5.74, 6) is -0.0126. The van der Waals surface area contributed by atoms with Crippen LogP contribution in [0.5, 0.6) is 5.75 Å². The molecule has 2 aromatic rings. The number of amides is 2. The molecule has 0 saturated heterocycles. The van der Waals surface area contributed by atoms with E-state index in [9.17, 15) is 9.59 Å². The van der Waals surface area contributed by atoms with Gasteiger partial charge in [-0.15, -0.1) is 0 Å². The molecule has 5 nitrogen and oxygen atoms in total. The van der Waals surface area contributed by atoms with E-state index >= 15 is 0 Å². The summed E-state index contributed by atoms with van der Waals surface area (Å²) in [6.45, 7) is 6.00. The zero-order valence-electron chi connectivity index (χ0n) is 17.2. The highest BCUT2D eigenvalue weighted by Gasteiger charge is 2.27. The van der Waals surface area contributed by atoms with Gasteiger partial charge in [-0.2, -0.15) is 0 Å². The maximum absolute atomic E-state index is 13.0. The molecule has 0 saturated carbocycles. The first kappa shape index (κ1) is 24.5. The number of nitrogens with zero attached hydrogens (tertiary/aromatic N) is 1. The summed E-state index contributed by atoms with van der Waals surface area (Å²) in [5, 5.41) is 3.70. The van der Waals surface area contributed by atoms with E-state index in [1.165, 1.54) is 4.90 Å². The number of rotatable bonds is 9. The Kier molecular flexibility index (Phi) is 9.46. The molecule has 2 aromatic carbocycles. The zero-order chi connectivity index (χ0) is 22.3. The number of nitrogens with one attached hydrogen (secondary N) is 1. The Hall–Kier alpha value is -1.76. The third-order valence-electron chi connectivity index (χ3n) is 4.60. The van der Waals surface area contributed by atoms with Crippen LogP contribution in [-0.2, 0) is 16.1 Å². The molecule has 0 spiro atoms. The SMILES string of the molecule is CCCNC(=O)C(C)N(Cc1c(Cl)cccc1Cl)C(=O)COc1ccc(Br)c(C)c1. The van der Waals surface area contributed by atoms with E-state index < -0.39 is 6.04 Å². The van der Waals surface area contributed by atoms with Crippen LogP contribution < -0.4 is 10.1 Å². The molecule has 2 amide bonds. The monoisotopic (exact) mass is 514 g/mol. The average molecular weight is 516 g/mol. The highest BCUT2D eigenvalue weighted by Crippen LogP contribution is 2.27. The predicted octanol–water partition coefficient (Wildman–Crippen LogP) is 5.39. The lowest BCUT2D eigenvalue weighted by molar-refractivity contribution is -0.142. The standard InChI is InChI=1S/C22H25BrCl2N2O3/c1-4-10-26-22(29)15(3)27(12-17-19(24)6-5-7-20(17)25)21(28)13-30-16-8-9-18(23)14(2)11-16/h5-9,11,15H,4,10,12-13H2,1-3H3,(H,26,29). The van der Waals surface area contributed by atoms with Gasteiger partial charge in [-0.3, -0.25) is 9.59 Å². The summed E-state index contributed by atoms with van der Waals surface area (Å²) >= 11 is 16.0. The quantitative estimate of drug-likeness (QED) is 0.487. The van der Waals surface area contributed by atoms with Crippen molar-refractivity contribution in [2.75, 3.05) is 13.2 Å². The van der Waals surface area contributed by atoms with E-state index in [2.05, 4.69) is 21.2 Å². The summed E-state index contributed by atoms with van der Waals surface area (Å²) in [6.07, 6.45) is 0.800. The third-order valence-corrected chi connectivity index (χ3v) is 6.20. The minimum Gasteiger partial charge on any atom is -0.484 e. The van der Waals surface area contributed by atoms with Crippen LogP contribution >= 0.6 is 39.1 Å². The van der Waals surface area contributed by atoms with Crippen molar-refractivity contribution in [2.45, 2.75) is 39.8 Å². The predicted molar refractivity (Wildman–Crippen MR) is 124 cm³/mol. The summed E-state index contributed by atoms with van der Waals surface area (Å²) in [7, 11) is 0. The summed E-state index contributed by atoms with van der Waals surface area (Å²) in [6, 6.07) is 9.89. The Labute approximate surface area is 195 Å². The molecule has 0 radical (unpaired) electrons. The van der Waals surface area contributed by atoms with E-state index in [0.717, 1.165) is 16.5 Å². The van der Waals surface area contributed by atoms with Gasteiger partial charge < -0.3 is 15.0 Å². The van der Waals surface area contributed by atoms with Crippen molar-refractivity contribution in [2.24, 2.45) is 0 Å². The molecule has 2 rings (SSSR count). The average Bonchev–Trinajstić information content (AvgIpc) is 2.72. The molecule has 1 unspecified atom stereocenters. The minimum absolute atomic E-state index is 0.0980. The number of aryl methyl sites for hydroxylation is 1. The Morgan fingerprint density at radius 3 is 2.47 bits per heavy atom. The summed E-state index contributed by atoms with van der Waals surface area (Å²) < 4.78 is 6.64. The number of carbonyl (C=O) groups is 2. The summed E-state index contributed by atoms with van der Waals surface area (Å²) in [4.78, 5) is 27.0. The number of ether oxygens (including phenoxy) is 1. The van der Waals surface area contributed by atoms with Gasteiger partial charge in [0.25, 0.3) is 5.91 Å². The van der Waals surface area contributed by atoms with E-state index in [1.807, 2.05) is 26.0 Å². The van der Waals surface area contributed by atoms with Crippen LogP contribution in [0.4, 0.5) is 0 Å². The first-order valence-electron chi connectivity index (χ1n) is 9.63. The summed E-state index contributed by atoms with van der Waals surface area (Å²) in [5.41, 5.74) is 1.58. The highest BCUT2D eigenvalue weighted by molar-refractivity contribution is 9.10. The number of benzene rings is 2. The van der Waals surface area contributed by atoms with Gasteiger partial charge in [-0.1, -0.05) is 52.1 Å². The van der Waals surface area contributed by atoms with Gasteiger partial charge in [0.15, 0.2) is 6.61 Å². The fraction of sp³-hybridized carbons (Fsp3) is 0.364. The Morgan fingerprint density at radius 2 is 1.87 bits per heavy atom. The molecule has 162 valence electrons. The van der Waals surface area contributed by atoms with Gasteiger partial charge in [-0.05, 0) is 56.2 Å². The van der Waals surface area contributed by atoms with Crippen molar-refractivity contribution in [3.63, 3.8) is 0 Å². The van der Waals surface area contributed by atoms with Gasteiger partial charge in [-0.25, -0.2) is 0 Å². The Balaban J connectivity index is 2.21. The molecule has 1 atom stereocenters. The maximum Gasteiger partial charge on any atom is 0.261 e. The van der Waals surface area contributed by atoms with Gasteiger partial charge in [0.05, 0.1) is 0 Å². The maximum atomic E-state index is 13.0. The van der Waals surface area contributed by atoms with Gasteiger partial charge in [0.1, 0.15) is 11.8 Å². The van der Waals surface area contributed by atoms with Crippen molar-refractivity contribution in [1.29, 1.82) is 0 Å². The number of hydrogen-bond acceptors (Lipinski definition) is 3. The Bertz CT molecular complexity index is 888. The first-order valence-corrected chi connectivity index (χ1v) is 11.2. The number of hydrogen-bond donors (Lipinski definition) is 1. The van der Waals surface area contributed by atoms with E-state index in [-0.39, 0.29) is 25.0 Å². The van der Waals surface area contributed by atoms with Crippen molar-refractivity contribution in [3.05, 3.63) is 62.0 Å². The van der Waals surface area contributed by atoms with Crippen LogP contribution in [0.15, 0.2) is 40.9 Å². The minimum atomic E-state index is -0.716. The van der Waals surface area contributed by atoms with Crippen molar-refractivity contribution in [3.8, 4) is 5.75 Å². The topological polar surface area (TPSA) is 58.6 Å². The molecule has 0 heterocycles. The molecule has 30 heavy (non-hydrogen) atoms. The molecular weight excluding hydrogens is 491 g/mol. The molecule has 0 aliphatic carbocycles. The van der Waals surface area contributed by atoms with E-state index in [0.29, 0.717) is 27.9 Å². The Morgan fingerprint density at radius 1 is 1.20 bits per heavy atom. The van der Waals surface area contributed by atoms with Crippen LogP contribution in [-0.4, -0.2) is 35.9 Å². The largest absolute Gasteiger partial charge is 0.484 e. The second kappa shape index (κ2) is 11.6. The zero-order valence-corrected chi connectivity index (χ0v) is 20.3. The van der Waals surface area contributed by atoms with Crippen molar-refractivity contribution < 1.29 is 14.3 Å². The fourth-order valence-corrected chi connectivity index (χ4v) is 3.53. The second-order valence-corrected chi connectivity index (χ2v) is 8.56. The lowest BCUT2D eigenvalue weighted by Crippen LogP contribution is -2.49. The molecule has 0 aliphatic rings. The van der Waals surface area contributed by atoms with Crippen molar-refractivity contribution in [1.82, 2.24) is 10.2 Å². The fourth-order valence-electron chi connectivity index (χ4n) is 2.77. The smallest absolute Gasteiger partial charge is 0.261 e. The van der Waals surface area contributed by atoms with Gasteiger partial charge in [0, 0.05) is 33.2 Å². The first-order chi connectivity index (χ1) is 14.2. The molecule has 0 bridgehead atoms. The van der Waals surface area contributed by atoms with E-state index in [4.69, 9.17) is 27.9 Å². The third kappa shape index (κ3) is 6.62. The molecule has 8 heteroatoms. The molecular formula is C22H25BrCl2N2O3. The molecule has 0 aromatic heterocycles. The van der Waals surface area contributed by atoms with Crippen LogP contribution in [0, 0.1) is 6.92 Å². The van der Waals surface area contributed by atoms with Crippen molar-refractivity contribution >= 4 is 50.9 Å². The second-order valence-electron chi connectivity index (χ2n) is 6.89. The van der Waals surface area contributed by atoms with Crippen LogP contribution in [0.25, 0.3) is 0 Å². The van der Waals surface area contributed by atoms with E-state index in [1.54, 1.807) is 31.2 Å². The van der Waals surface area contributed by atoms with Crippen LogP contribution in [0.2, 0.25) is 10.0 Å². The lowest BCUT2D eigenvalue weighted by atomic mass is 10.1. The number of halogens is 3. The van der Waals surface area contributed by atoms with Crippen LogP contribution in [0.3, 0.4) is 0 Å². The molecule has 0 fully saturated rings. The van der Waals surface area contributed by atoms with Crippen LogP contribution in [0.1, 0.15) is 31.4 Å². The van der Waals surface area contributed by atoms with Gasteiger partial charge in [0.2, 0.25) is 5.91 Å². The normalized spacial score (nSPS) is 11.7.